The topological polar surface area (TPSA) is 108 Å². The second-order valence-electron chi connectivity index (χ2n) is 7.85. The Balaban J connectivity index is 1.47. The van der Waals surface area contributed by atoms with E-state index >= 15 is 0 Å². The number of aromatic carboxylic acids is 1. The van der Waals surface area contributed by atoms with E-state index in [4.69, 9.17) is 15.1 Å². The lowest BCUT2D eigenvalue weighted by atomic mass is 10.0. The van der Waals surface area contributed by atoms with Crippen LogP contribution in [0.4, 0.5) is 5.82 Å². The SMILES string of the molecule is CNc1nc(-c2cnc3ccccc3c2)nc2c1CCN(C(=O)c1ccc(C(=O)O)cc1)C2. The van der Waals surface area contributed by atoms with Crippen LogP contribution in [0.1, 0.15) is 32.0 Å². The Morgan fingerprint density at radius 2 is 1.79 bits per heavy atom. The van der Waals surface area contributed by atoms with E-state index in [0.29, 0.717) is 30.9 Å². The lowest BCUT2D eigenvalue weighted by molar-refractivity contribution is 0.0692. The molecule has 8 nitrogen and oxygen atoms in total. The fraction of sp³-hybridized carbons (Fsp3) is 0.160. The smallest absolute Gasteiger partial charge is 0.335 e. The Hall–Kier alpha value is -4.33. The number of carboxylic acid groups (broad SMARTS) is 1. The first-order chi connectivity index (χ1) is 16.0. The van der Waals surface area contributed by atoms with Crippen LogP contribution in [0.25, 0.3) is 22.3 Å². The Bertz CT molecular complexity index is 1380. The van der Waals surface area contributed by atoms with Crippen molar-refractivity contribution < 1.29 is 14.7 Å². The van der Waals surface area contributed by atoms with E-state index in [1.54, 1.807) is 23.2 Å². The largest absolute Gasteiger partial charge is 0.478 e. The number of carboxylic acids is 1. The van der Waals surface area contributed by atoms with Crippen LogP contribution < -0.4 is 5.32 Å². The highest BCUT2D eigenvalue weighted by atomic mass is 16.4. The molecule has 164 valence electrons. The van der Waals surface area contributed by atoms with E-state index in [1.165, 1.54) is 12.1 Å². The van der Waals surface area contributed by atoms with Gasteiger partial charge in [-0.3, -0.25) is 9.78 Å². The molecule has 2 N–H and O–H groups in total. The third kappa shape index (κ3) is 3.87. The van der Waals surface area contributed by atoms with Gasteiger partial charge in [-0.25, -0.2) is 14.8 Å². The van der Waals surface area contributed by atoms with Crippen LogP contribution in [0.5, 0.6) is 0 Å². The zero-order valence-electron chi connectivity index (χ0n) is 17.9. The number of hydrogen-bond donors (Lipinski definition) is 2. The zero-order chi connectivity index (χ0) is 22.9. The van der Waals surface area contributed by atoms with Gasteiger partial charge in [0.15, 0.2) is 5.82 Å². The van der Waals surface area contributed by atoms with E-state index in [1.807, 2.05) is 37.4 Å². The van der Waals surface area contributed by atoms with Gasteiger partial charge in [0.1, 0.15) is 5.82 Å². The number of fused-ring (bicyclic) bond motifs is 2. The third-order valence-corrected chi connectivity index (χ3v) is 5.82. The van der Waals surface area contributed by atoms with Crippen molar-refractivity contribution in [3.05, 3.63) is 83.2 Å². The summed E-state index contributed by atoms with van der Waals surface area (Å²) in [6.45, 7) is 0.876. The first-order valence-electron chi connectivity index (χ1n) is 10.6. The summed E-state index contributed by atoms with van der Waals surface area (Å²) in [5.41, 5.74) is 4.10. The quantitative estimate of drug-likeness (QED) is 0.500. The highest BCUT2D eigenvalue weighted by molar-refractivity contribution is 5.96. The van der Waals surface area contributed by atoms with Gasteiger partial charge in [-0.15, -0.1) is 0 Å². The molecule has 0 saturated carbocycles. The molecule has 33 heavy (non-hydrogen) atoms. The lowest BCUT2D eigenvalue weighted by Gasteiger charge is -2.29. The predicted octanol–water partition coefficient (Wildman–Crippen LogP) is 3.63. The van der Waals surface area contributed by atoms with Crippen LogP contribution in [-0.4, -0.2) is 50.4 Å². The minimum atomic E-state index is -1.02. The molecule has 4 aromatic rings. The Labute approximate surface area is 189 Å². The van der Waals surface area contributed by atoms with E-state index < -0.39 is 5.97 Å². The molecule has 0 saturated heterocycles. The van der Waals surface area contributed by atoms with Crippen LogP contribution >= 0.6 is 0 Å². The number of carbonyl (C=O) groups excluding carboxylic acids is 1. The molecule has 0 spiro atoms. The van der Waals surface area contributed by atoms with Gasteiger partial charge in [-0.05, 0) is 42.8 Å². The van der Waals surface area contributed by atoms with Crippen molar-refractivity contribution in [1.82, 2.24) is 19.9 Å². The average Bonchev–Trinajstić information content (AvgIpc) is 2.87. The zero-order valence-corrected chi connectivity index (χ0v) is 17.9. The summed E-state index contributed by atoms with van der Waals surface area (Å²) >= 11 is 0. The van der Waals surface area contributed by atoms with Crippen LogP contribution in [0.2, 0.25) is 0 Å². The van der Waals surface area contributed by atoms with E-state index in [-0.39, 0.29) is 11.5 Å². The van der Waals surface area contributed by atoms with Gasteiger partial charge in [0.2, 0.25) is 0 Å². The van der Waals surface area contributed by atoms with E-state index in [9.17, 15) is 9.59 Å². The number of nitrogens with one attached hydrogen (secondary N) is 1. The molecule has 8 heteroatoms. The highest BCUT2D eigenvalue weighted by Gasteiger charge is 2.26. The van der Waals surface area contributed by atoms with E-state index in [0.717, 1.165) is 33.5 Å². The Morgan fingerprint density at radius 3 is 2.55 bits per heavy atom. The molecule has 1 aliphatic rings. The number of anilines is 1. The number of carbonyl (C=O) groups is 2. The molecule has 2 aromatic carbocycles. The van der Waals surface area contributed by atoms with Gasteiger partial charge < -0.3 is 15.3 Å². The summed E-state index contributed by atoms with van der Waals surface area (Å²) in [5, 5.41) is 13.2. The molecule has 3 heterocycles. The third-order valence-electron chi connectivity index (χ3n) is 5.82. The Morgan fingerprint density at radius 1 is 1.03 bits per heavy atom. The van der Waals surface area contributed by atoms with Crippen molar-refractivity contribution in [2.24, 2.45) is 0 Å². The van der Waals surface area contributed by atoms with Crippen LogP contribution in [-0.2, 0) is 13.0 Å². The monoisotopic (exact) mass is 439 g/mol. The first-order valence-corrected chi connectivity index (χ1v) is 10.6. The molecule has 0 aliphatic carbocycles. The van der Waals surface area contributed by atoms with Gasteiger partial charge in [0.05, 0.1) is 23.3 Å². The molecule has 0 radical (unpaired) electrons. The molecule has 0 atom stereocenters. The Kier molecular flexibility index (Phi) is 5.18. The number of para-hydroxylation sites is 1. The van der Waals surface area contributed by atoms with Crippen LogP contribution in [0.3, 0.4) is 0 Å². The van der Waals surface area contributed by atoms with Crippen molar-refractivity contribution >= 4 is 28.6 Å². The van der Waals surface area contributed by atoms with Gasteiger partial charge in [-0.2, -0.15) is 0 Å². The lowest BCUT2D eigenvalue weighted by Crippen LogP contribution is -2.37. The molecule has 2 aromatic heterocycles. The number of nitrogens with zero attached hydrogens (tertiary/aromatic N) is 4. The van der Waals surface area contributed by atoms with Crippen molar-refractivity contribution in [2.45, 2.75) is 13.0 Å². The fourth-order valence-corrected chi connectivity index (χ4v) is 4.07. The maximum Gasteiger partial charge on any atom is 0.335 e. The predicted molar refractivity (Wildman–Crippen MR) is 124 cm³/mol. The van der Waals surface area contributed by atoms with Gasteiger partial charge in [-0.1, -0.05) is 18.2 Å². The summed E-state index contributed by atoms with van der Waals surface area (Å²) in [4.78, 5) is 39.9. The van der Waals surface area contributed by atoms with Crippen LogP contribution in [0.15, 0.2) is 60.8 Å². The highest BCUT2D eigenvalue weighted by Crippen LogP contribution is 2.28. The minimum absolute atomic E-state index is 0.149. The standard InChI is InChI=1S/C25H21N5O3/c1-26-23-19-10-11-30(24(31)15-6-8-16(9-7-15)25(32)33)14-21(19)28-22(29-23)18-12-17-4-2-3-5-20(17)27-13-18/h2-9,12-13H,10-11,14H2,1H3,(H,32,33)(H,26,28,29). The number of amides is 1. The summed E-state index contributed by atoms with van der Waals surface area (Å²) < 4.78 is 0. The molecular weight excluding hydrogens is 418 g/mol. The van der Waals surface area contributed by atoms with Crippen LogP contribution in [0, 0.1) is 0 Å². The van der Waals surface area contributed by atoms with E-state index in [2.05, 4.69) is 10.3 Å². The number of pyridine rings is 1. The first kappa shape index (κ1) is 20.6. The summed E-state index contributed by atoms with van der Waals surface area (Å²) in [6.07, 6.45) is 2.39. The fourth-order valence-electron chi connectivity index (χ4n) is 4.07. The van der Waals surface area contributed by atoms with Crippen molar-refractivity contribution in [3.8, 4) is 11.4 Å². The van der Waals surface area contributed by atoms with Gasteiger partial charge in [0.25, 0.3) is 5.91 Å². The second kappa shape index (κ2) is 8.31. The van der Waals surface area contributed by atoms with Gasteiger partial charge in [0, 0.05) is 41.9 Å². The summed E-state index contributed by atoms with van der Waals surface area (Å²) in [7, 11) is 1.83. The second-order valence-corrected chi connectivity index (χ2v) is 7.85. The van der Waals surface area contributed by atoms with Crippen molar-refractivity contribution in [1.29, 1.82) is 0 Å². The number of aromatic nitrogens is 3. The summed E-state index contributed by atoms with van der Waals surface area (Å²) in [6, 6.07) is 15.9. The minimum Gasteiger partial charge on any atom is -0.478 e. The van der Waals surface area contributed by atoms with Gasteiger partial charge >= 0.3 is 5.97 Å². The normalized spacial score (nSPS) is 12.9. The molecule has 0 unspecified atom stereocenters. The molecule has 0 fully saturated rings. The summed E-state index contributed by atoms with van der Waals surface area (Å²) in [5.74, 6) is 0.126. The maximum atomic E-state index is 13.1. The molecule has 5 rings (SSSR count). The van der Waals surface area contributed by atoms with Crippen molar-refractivity contribution in [3.63, 3.8) is 0 Å². The number of rotatable bonds is 4. The number of hydrogen-bond acceptors (Lipinski definition) is 6. The average molecular weight is 439 g/mol. The number of benzene rings is 2. The maximum absolute atomic E-state index is 13.1. The molecule has 1 amide bonds. The molecular formula is C25H21N5O3. The molecule has 1 aliphatic heterocycles. The molecule has 0 bridgehead atoms. The van der Waals surface area contributed by atoms with Crippen molar-refractivity contribution in [2.75, 3.05) is 18.9 Å².